The first-order chi connectivity index (χ1) is 27.1. The maximum absolute atomic E-state index is 13.6. The summed E-state index contributed by atoms with van der Waals surface area (Å²) in [5.41, 5.74) is 4.93. The number of aromatic amines is 2. The lowest BCUT2D eigenvalue weighted by molar-refractivity contribution is -0.136. The average Bonchev–Trinajstić information content (AvgIpc) is 4.03. The van der Waals surface area contributed by atoms with E-state index in [0.29, 0.717) is 24.7 Å². The van der Waals surface area contributed by atoms with Gasteiger partial charge < -0.3 is 44.6 Å². The quantitative estimate of drug-likeness (QED) is 0.149. The van der Waals surface area contributed by atoms with E-state index in [-0.39, 0.29) is 36.4 Å². The van der Waals surface area contributed by atoms with Crippen LogP contribution in [0, 0.1) is 17.8 Å². The van der Waals surface area contributed by atoms with Gasteiger partial charge in [0.25, 0.3) is 0 Å². The molecule has 3 aromatic carbocycles. The summed E-state index contributed by atoms with van der Waals surface area (Å²) in [4.78, 5) is 71.2. The Hall–Kier alpha value is -6.14. The Morgan fingerprint density at radius 2 is 1.39 bits per heavy atom. The molecule has 4 heterocycles. The predicted octanol–water partition coefficient (Wildman–Crippen LogP) is 5.07. The first-order valence-corrected chi connectivity index (χ1v) is 18.8. The lowest BCUT2D eigenvalue weighted by atomic mass is 10.0. The van der Waals surface area contributed by atoms with E-state index in [4.69, 9.17) is 24.2 Å². The van der Waals surface area contributed by atoms with Gasteiger partial charge in [0.05, 0.1) is 55.0 Å². The minimum atomic E-state index is -0.876. The van der Waals surface area contributed by atoms with Gasteiger partial charge in [-0.3, -0.25) is 9.59 Å². The van der Waals surface area contributed by atoms with Crippen molar-refractivity contribution in [3.8, 4) is 11.8 Å². The molecule has 15 heteroatoms. The van der Waals surface area contributed by atoms with Gasteiger partial charge in [-0.25, -0.2) is 19.6 Å². The molecule has 2 aromatic heterocycles. The summed E-state index contributed by atoms with van der Waals surface area (Å²) in [6.07, 6.45) is 1.81. The molecule has 2 aliphatic heterocycles. The Bertz CT molecular complexity index is 2360. The normalized spacial score (nSPS) is 17.9. The van der Waals surface area contributed by atoms with Crippen molar-refractivity contribution < 1.29 is 33.4 Å². The molecule has 0 radical (unpaired) electrons. The molecule has 4 atom stereocenters. The van der Waals surface area contributed by atoms with Crippen LogP contribution in [0.15, 0.2) is 48.5 Å². The maximum Gasteiger partial charge on any atom is 0.407 e. The Morgan fingerprint density at radius 3 is 2.07 bits per heavy atom. The van der Waals surface area contributed by atoms with Gasteiger partial charge >= 0.3 is 12.2 Å². The van der Waals surface area contributed by atoms with Crippen LogP contribution in [0.25, 0.3) is 32.8 Å². The minimum absolute atomic E-state index is 0.0212. The highest BCUT2D eigenvalue weighted by molar-refractivity contribution is 6.04. The first-order valence-electron chi connectivity index (χ1n) is 18.8. The highest BCUT2D eigenvalue weighted by Gasteiger charge is 2.38. The molecule has 4 N–H and O–H groups in total. The van der Waals surface area contributed by atoms with E-state index in [1.807, 2.05) is 62.4 Å². The fourth-order valence-corrected chi connectivity index (χ4v) is 7.72. The number of hydrogen-bond donors (Lipinski definition) is 4. The Kier molecular flexibility index (Phi) is 11.1. The first kappa shape index (κ1) is 38.1. The second-order valence-electron chi connectivity index (χ2n) is 14.5. The zero-order chi connectivity index (χ0) is 39.5. The molecule has 15 nitrogen and oxygen atoms in total. The van der Waals surface area contributed by atoms with E-state index < -0.39 is 24.3 Å². The fraction of sp³-hybridized carbons (Fsp3) is 0.415. The van der Waals surface area contributed by atoms with E-state index in [1.165, 1.54) is 21.3 Å². The van der Waals surface area contributed by atoms with Crippen molar-refractivity contribution in [1.82, 2.24) is 40.4 Å². The van der Waals surface area contributed by atoms with Crippen molar-refractivity contribution in [3.63, 3.8) is 0 Å². The van der Waals surface area contributed by atoms with Gasteiger partial charge in [-0.15, -0.1) is 0 Å². The summed E-state index contributed by atoms with van der Waals surface area (Å²) in [5, 5.41) is 7.25. The molecule has 2 aliphatic rings. The molecule has 0 spiro atoms. The predicted molar refractivity (Wildman–Crippen MR) is 208 cm³/mol. The lowest BCUT2D eigenvalue weighted by Gasteiger charge is -2.29. The molecule has 0 bridgehead atoms. The van der Waals surface area contributed by atoms with Gasteiger partial charge in [0, 0.05) is 36.7 Å². The minimum Gasteiger partial charge on any atom is -0.453 e. The fourth-order valence-electron chi connectivity index (χ4n) is 7.72. The summed E-state index contributed by atoms with van der Waals surface area (Å²) < 4.78 is 14.7. The van der Waals surface area contributed by atoms with Gasteiger partial charge in [0.15, 0.2) is 0 Å². The van der Waals surface area contributed by atoms with Crippen LogP contribution >= 0.6 is 0 Å². The third-order valence-corrected chi connectivity index (χ3v) is 10.5. The molecule has 0 unspecified atom stereocenters. The summed E-state index contributed by atoms with van der Waals surface area (Å²) in [5.74, 6) is 7.46. The molecule has 0 aliphatic carbocycles. The lowest BCUT2D eigenvalue weighted by Crippen LogP contribution is -2.51. The molecular formula is C41H46N8O7. The third kappa shape index (κ3) is 7.70. The van der Waals surface area contributed by atoms with Crippen molar-refractivity contribution in [2.75, 3.05) is 41.0 Å². The second kappa shape index (κ2) is 16.3. The Labute approximate surface area is 323 Å². The van der Waals surface area contributed by atoms with Crippen LogP contribution in [0.5, 0.6) is 0 Å². The molecule has 5 aromatic rings. The van der Waals surface area contributed by atoms with Crippen molar-refractivity contribution in [2.45, 2.75) is 63.7 Å². The van der Waals surface area contributed by atoms with E-state index in [1.54, 1.807) is 9.80 Å². The number of carbonyl (C=O) groups excluding carboxylic acids is 4. The Balaban J connectivity index is 1.08. The highest BCUT2D eigenvalue weighted by atomic mass is 16.5. The topological polar surface area (TPSA) is 184 Å². The number of alkyl carbamates (subject to hydrolysis) is 2. The number of methoxy groups -OCH3 is 3. The van der Waals surface area contributed by atoms with Crippen LogP contribution in [0.2, 0.25) is 0 Å². The van der Waals surface area contributed by atoms with Crippen LogP contribution in [0.3, 0.4) is 0 Å². The van der Waals surface area contributed by atoms with Gasteiger partial charge in [0.2, 0.25) is 11.8 Å². The number of benzene rings is 3. The monoisotopic (exact) mass is 762 g/mol. The summed E-state index contributed by atoms with van der Waals surface area (Å²) >= 11 is 0. The number of aromatic nitrogens is 4. The van der Waals surface area contributed by atoms with Crippen molar-refractivity contribution >= 4 is 56.8 Å². The number of ether oxygens (including phenoxy) is 3. The van der Waals surface area contributed by atoms with Crippen LogP contribution in [0.4, 0.5) is 9.59 Å². The summed E-state index contributed by atoms with van der Waals surface area (Å²) in [6.45, 7) is 4.93. The van der Waals surface area contributed by atoms with Crippen molar-refractivity contribution in [2.24, 2.45) is 5.92 Å². The average molecular weight is 763 g/mol. The summed E-state index contributed by atoms with van der Waals surface area (Å²) in [6, 6.07) is 13.8. The highest BCUT2D eigenvalue weighted by Crippen LogP contribution is 2.35. The third-order valence-electron chi connectivity index (χ3n) is 10.5. The molecule has 2 fully saturated rings. The zero-order valence-corrected chi connectivity index (χ0v) is 32.1. The smallest absolute Gasteiger partial charge is 0.407 e. The van der Waals surface area contributed by atoms with Gasteiger partial charge in [0.1, 0.15) is 23.7 Å². The maximum atomic E-state index is 13.6. The SMILES string of the molecule is COC[C@H](NC(=O)OC)C(=O)N1CCC[C@H]1c1nc2ccc3cc(C#Cc4ccc5nc([C@@H]6CCCN6C(=O)[C@@H](NC(=O)OC)C(C)C)[nH]c5c4)ccc3c2[nH]1. The number of nitrogens with zero attached hydrogens (tertiary/aromatic N) is 4. The van der Waals surface area contributed by atoms with Gasteiger partial charge in [-0.2, -0.15) is 0 Å². The molecule has 2 saturated heterocycles. The van der Waals surface area contributed by atoms with Crippen LogP contribution < -0.4 is 10.6 Å². The number of imidazole rings is 2. The van der Waals surface area contributed by atoms with E-state index >= 15 is 0 Å². The van der Waals surface area contributed by atoms with E-state index in [2.05, 4.69) is 32.4 Å². The molecule has 0 saturated carbocycles. The zero-order valence-electron chi connectivity index (χ0n) is 32.1. The van der Waals surface area contributed by atoms with E-state index in [9.17, 15) is 19.2 Å². The second-order valence-corrected chi connectivity index (χ2v) is 14.5. The van der Waals surface area contributed by atoms with Gasteiger partial charge in [-0.05, 0) is 73.4 Å². The standard InChI is InChI=1S/C41H46N8O7/c1-23(2)34(47-41(53)56-5)39(51)49-19-7-8-32(49)36-42-28-16-13-25(21-30(28)44-36)11-10-24-12-15-27-26(20-24)14-17-29-35(27)46-37(43-29)33-9-6-18-48(33)38(50)31(22-54-3)45-40(52)55-4/h12-17,20-21,23,31-34H,6-9,18-19,22H2,1-5H3,(H,42,44)(H,43,46)(H,45,52)(H,47,53)/t31-,32-,33-,34-/m0/s1. The molecule has 292 valence electrons. The molecule has 56 heavy (non-hydrogen) atoms. The number of nitrogens with one attached hydrogen (secondary N) is 4. The van der Waals surface area contributed by atoms with Crippen molar-refractivity contribution in [1.29, 1.82) is 0 Å². The van der Waals surface area contributed by atoms with Gasteiger partial charge in [-0.1, -0.05) is 37.8 Å². The number of carbonyl (C=O) groups is 4. The molecule has 7 rings (SSSR count). The number of likely N-dealkylation sites (tertiary alicyclic amines) is 2. The van der Waals surface area contributed by atoms with Crippen LogP contribution in [-0.2, 0) is 23.8 Å². The molecule has 4 amide bonds. The molecular weight excluding hydrogens is 716 g/mol. The van der Waals surface area contributed by atoms with Crippen molar-refractivity contribution in [3.05, 3.63) is 71.3 Å². The van der Waals surface area contributed by atoms with E-state index in [0.717, 1.165) is 69.6 Å². The number of fused-ring (bicyclic) bond motifs is 4. The number of hydrogen-bond acceptors (Lipinski definition) is 9. The summed E-state index contributed by atoms with van der Waals surface area (Å²) in [7, 11) is 4.02. The number of H-pyrrole nitrogens is 2. The Morgan fingerprint density at radius 1 is 0.786 bits per heavy atom. The largest absolute Gasteiger partial charge is 0.453 e. The van der Waals surface area contributed by atoms with Crippen LogP contribution in [0.1, 0.15) is 74.4 Å². The number of amides is 4. The number of rotatable bonds is 9. The van der Waals surface area contributed by atoms with Crippen LogP contribution in [-0.4, -0.2) is 107 Å².